The van der Waals surface area contributed by atoms with Gasteiger partial charge in [-0.3, -0.25) is 19.2 Å². The number of rotatable bonds is 5. The van der Waals surface area contributed by atoms with Crippen LogP contribution in [0.5, 0.6) is 0 Å². The summed E-state index contributed by atoms with van der Waals surface area (Å²) in [7, 11) is -3.22. The SMILES string of the molecule is Cc1ccc(NC(=O)C=Cc2ccc(N3CCCS3(=O)=O)cc2)cc1[N+](=O)[O-]. The number of hydrogen-bond donors (Lipinski definition) is 1. The minimum Gasteiger partial charge on any atom is -0.322 e. The van der Waals surface area contributed by atoms with Crippen LogP contribution in [0.4, 0.5) is 17.1 Å². The maximum atomic E-state index is 12.1. The van der Waals surface area contributed by atoms with Gasteiger partial charge in [0.25, 0.3) is 5.69 Å². The summed E-state index contributed by atoms with van der Waals surface area (Å²) in [6.07, 6.45) is 3.51. The fourth-order valence-corrected chi connectivity index (χ4v) is 4.49. The van der Waals surface area contributed by atoms with Gasteiger partial charge in [-0.25, -0.2) is 8.42 Å². The van der Waals surface area contributed by atoms with Crippen LogP contribution in [0, 0.1) is 17.0 Å². The van der Waals surface area contributed by atoms with Crippen LogP contribution >= 0.6 is 0 Å². The number of nitrogens with one attached hydrogen (secondary N) is 1. The molecule has 1 saturated heterocycles. The number of hydrogen-bond acceptors (Lipinski definition) is 5. The molecule has 0 spiro atoms. The summed E-state index contributed by atoms with van der Waals surface area (Å²) in [5.41, 5.74) is 2.12. The molecule has 1 amide bonds. The summed E-state index contributed by atoms with van der Waals surface area (Å²) >= 11 is 0. The number of amides is 1. The zero-order valence-electron chi connectivity index (χ0n) is 15.2. The van der Waals surface area contributed by atoms with Crippen molar-refractivity contribution >= 4 is 39.1 Å². The van der Waals surface area contributed by atoms with Crippen LogP contribution in [0.3, 0.4) is 0 Å². The molecule has 3 rings (SSSR count). The van der Waals surface area contributed by atoms with E-state index in [0.717, 1.165) is 5.56 Å². The summed E-state index contributed by atoms with van der Waals surface area (Å²) in [6, 6.07) is 11.3. The van der Waals surface area contributed by atoms with Gasteiger partial charge in [-0.15, -0.1) is 0 Å². The number of nitro benzene ring substituents is 1. The second-order valence-electron chi connectivity index (χ2n) is 6.41. The molecule has 9 heteroatoms. The molecule has 0 saturated carbocycles. The van der Waals surface area contributed by atoms with Gasteiger partial charge in [-0.05, 0) is 43.2 Å². The number of sulfonamides is 1. The first-order valence-electron chi connectivity index (χ1n) is 8.61. The van der Waals surface area contributed by atoms with Gasteiger partial charge in [0.05, 0.1) is 16.4 Å². The predicted octanol–water partition coefficient (Wildman–Crippen LogP) is 3.10. The lowest BCUT2D eigenvalue weighted by atomic mass is 10.1. The summed E-state index contributed by atoms with van der Waals surface area (Å²) in [4.78, 5) is 22.5. The monoisotopic (exact) mass is 401 g/mol. The molecule has 2 aromatic carbocycles. The van der Waals surface area contributed by atoms with Crippen molar-refractivity contribution in [2.45, 2.75) is 13.3 Å². The third-order valence-electron chi connectivity index (χ3n) is 4.38. The highest BCUT2D eigenvalue weighted by Gasteiger charge is 2.28. The second-order valence-corrected chi connectivity index (χ2v) is 8.43. The van der Waals surface area contributed by atoms with Crippen molar-refractivity contribution < 1.29 is 18.1 Å². The molecule has 0 aromatic heterocycles. The number of aryl methyl sites for hydroxylation is 1. The zero-order chi connectivity index (χ0) is 20.3. The van der Waals surface area contributed by atoms with E-state index in [9.17, 15) is 23.3 Å². The molecule has 2 aromatic rings. The molecule has 0 atom stereocenters. The van der Waals surface area contributed by atoms with Crippen molar-refractivity contribution in [3.05, 3.63) is 69.8 Å². The van der Waals surface area contributed by atoms with Gasteiger partial charge in [0.1, 0.15) is 0 Å². The van der Waals surface area contributed by atoms with Gasteiger partial charge in [-0.2, -0.15) is 0 Å². The summed E-state index contributed by atoms with van der Waals surface area (Å²) in [6.45, 7) is 2.10. The number of carbonyl (C=O) groups is 1. The van der Waals surface area contributed by atoms with Crippen molar-refractivity contribution in [1.29, 1.82) is 0 Å². The van der Waals surface area contributed by atoms with Gasteiger partial charge >= 0.3 is 0 Å². The second kappa shape index (κ2) is 7.81. The average molecular weight is 401 g/mol. The molecule has 0 aliphatic carbocycles. The topological polar surface area (TPSA) is 110 Å². The van der Waals surface area contributed by atoms with E-state index in [4.69, 9.17) is 0 Å². The average Bonchev–Trinajstić information content (AvgIpc) is 3.01. The largest absolute Gasteiger partial charge is 0.322 e. The standard InChI is InChI=1S/C19H19N3O5S/c1-14-3-7-16(13-18(14)22(24)25)20-19(23)10-6-15-4-8-17(9-5-15)21-11-2-12-28(21,26)27/h3-10,13H,2,11-12H2,1H3,(H,20,23). The van der Waals surface area contributed by atoms with E-state index in [0.29, 0.717) is 29.9 Å². The van der Waals surface area contributed by atoms with Crippen LogP contribution in [0.25, 0.3) is 6.08 Å². The molecule has 1 aliphatic rings. The molecular formula is C19H19N3O5S. The van der Waals surface area contributed by atoms with E-state index in [1.165, 1.54) is 16.4 Å². The molecule has 146 valence electrons. The lowest BCUT2D eigenvalue weighted by Gasteiger charge is -2.16. The Morgan fingerprint density at radius 1 is 1.21 bits per heavy atom. The Hall–Kier alpha value is -3.20. The molecular weight excluding hydrogens is 382 g/mol. The van der Waals surface area contributed by atoms with E-state index in [2.05, 4.69) is 5.32 Å². The maximum absolute atomic E-state index is 12.1. The van der Waals surface area contributed by atoms with Gasteiger partial charge < -0.3 is 5.32 Å². The van der Waals surface area contributed by atoms with E-state index < -0.39 is 20.9 Å². The van der Waals surface area contributed by atoms with Crippen molar-refractivity contribution in [2.75, 3.05) is 21.9 Å². The van der Waals surface area contributed by atoms with Gasteiger partial charge in [0, 0.05) is 29.9 Å². The van der Waals surface area contributed by atoms with Crippen LogP contribution in [0.15, 0.2) is 48.5 Å². The van der Waals surface area contributed by atoms with Crippen molar-refractivity contribution in [3.8, 4) is 0 Å². The lowest BCUT2D eigenvalue weighted by molar-refractivity contribution is -0.385. The molecule has 1 N–H and O–H groups in total. The molecule has 1 fully saturated rings. The molecule has 8 nitrogen and oxygen atoms in total. The summed E-state index contributed by atoms with van der Waals surface area (Å²) in [5.74, 6) is -0.268. The Kier molecular flexibility index (Phi) is 5.46. The number of carbonyl (C=O) groups excluding carboxylic acids is 1. The Balaban J connectivity index is 1.66. The predicted molar refractivity (Wildman–Crippen MR) is 108 cm³/mol. The Bertz CT molecular complexity index is 1050. The molecule has 0 unspecified atom stereocenters. The summed E-state index contributed by atoms with van der Waals surface area (Å²) in [5, 5.41) is 13.6. The number of benzene rings is 2. The smallest absolute Gasteiger partial charge is 0.274 e. The minimum absolute atomic E-state index is 0.0609. The maximum Gasteiger partial charge on any atom is 0.274 e. The van der Waals surface area contributed by atoms with E-state index in [-0.39, 0.29) is 11.4 Å². The first kappa shape index (κ1) is 19.6. The fourth-order valence-electron chi connectivity index (χ4n) is 2.92. The highest BCUT2D eigenvalue weighted by Crippen LogP contribution is 2.25. The van der Waals surface area contributed by atoms with E-state index >= 15 is 0 Å². The molecule has 0 radical (unpaired) electrons. The zero-order valence-corrected chi connectivity index (χ0v) is 16.0. The van der Waals surface area contributed by atoms with E-state index in [1.807, 2.05) is 0 Å². The van der Waals surface area contributed by atoms with Crippen molar-refractivity contribution in [2.24, 2.45) is 0 Å². The highest BCUT2D eigenvalue weighted by atomic mass is 32.2. The minimum atomic E-state index is -3.22. The lowest BCUT2D eigenvalue weighted by Crippen LogP contribution is -2.24. The van der Waals surface area contributed by atoms with Crippen LogP contribution in [0.2, 0.25) is 0 Å². The molecule has 0 bridgehead atoms. The van der Waals surface area contributed by atoms with Crippen LogP contribution < -0.4 is 9.62 Å². The van der Waals surface area contributed by atoms with Crippen LogP contribution in [0.1, 0.15) is 17.5 Å². The number of nitrogens with zero attached hydrogens (tertiary/aromatic N) is 2. The number of anilines is 2. The first-order chi connectivity index (χ1) is 13.3. The first-order valence-corrected chi connectivity index (χ1v) is 10.2. The van der Waals surface area contributed by atoms with Gasteiger partial charge in [-0.1, -0.05) is 18.2 Å². The number of nitro groups is 1. The van der Waals surface area contributed by atoms with Crippen LogP contribution in [-0.4, -0.2) is 31.5 Å². The fraction of sp³-hybridized carbons (Fsp3) is 0.211. The normalized spacial score (nSPS) is 15.7. The Morgan fingerprint density at radius 3 is 2.54 bits per heavy atom. The third-order valence-corrected chi connectivity index (χ3v) is 6.25. The highest BCUT2D eigenvalue weighted by molar-refractivity contribution is 7.93. The summed E-state index contributed by atoms with van der Waals surface area (Å²) < 4.78 is 25.3. The van der Waals surface area contributed by atoms with Gasteiger partial charge in [0.2, 0.25) is 15.9 Å². The Morgan fingerprint density at radius 2 is 1.93 bits per heavy atom. The molecule has 1 heterocycles. The van der Waals surface area contributed by atoms with Crippen molar-refractivity contribution in [3.63, 3.8) is 0 Å². The van der Waals surface area contributed by atoms with Gasteiger partial charge in [0.15, 0.2) is 0 Å². The van der Waals surface area contributed by atoms with E-state index in [1.54, 1.807) is 49.4 Å². The molecule has 1 aliphatic heterocycles. The quantitative estimate of drug-likeness (QED) is 0.470. The van der Waals surface area contributed by atoms with Crippen molar-refractivity contribution in [1.82, 2.24) is 0 Å². The molecule has 28 heavy (non-hydrogen) atoms. The Labute approximate surface area is 162 Å². The van der Waals surface area contributed by atoms with Crippen LogP contribution in [-0.2, 0) is 14.8 Å². The third kappa shape index (κ3) is 4.37.